The maximum Gasteiger partial charge on any atom is 0.255 e. The van der Waals surface area contributed by atoms with Crippen molar-refractivity contribution in [1.82, 2.24) is 0 Å². The van der Waals surface area contributed by atoms with Crippen molar-refractivity contribution in [2.75, 3.05) is 29.6 Å². The third-order valence-corrected chi connectivity index (χ3v) is 4.50. The largest absolute Gasteiger partial charge is 0.497 e. The summed E-state index contributed by atoms with van der Waals surface area (Å²) in [7, 11) is 1.58. The van der Waals surface area contributed by atoms with Gasteiger partial charge >= 0.3 is 0 Å². The summed E-state index contributed by atoms with van der Waals surface area (Å²) in [6.07, 6.45) is 0. The first kappa shape index (κ1) is 21.6. The van der Waals surface area contributed by atoms with E-state index in [2.05, 4.69) is 16.0 Å². The minimum atomic E-state index is -0.255. The summed E-state index contributed by atoms with van der Waals surface area (Å²) >= 11 is 0. The van der Waals surface area contributed by atoms with Gasteiger partial charge < -0.3 is 20.7 Å². The maximum absolute atomic E-state index is 12.4. The molecule has 0 aliphatic rings. The average Bonchev–Trinajstić information content (AvgIpc) is 2.79. The minimum Gasteiger partial charge on any atom is -0.497 e. The number of hydrogen-bond acceptors (Lipinski definition) is 5. The highest BCUT2D eigenvalue weighted by molar-refractivity contribution is 6.04. The number of nitrogens with one attached hydrogen (secondary N) is 3. The second-order valence-corrected chi connectivity index (χ2v) is 6.80. The molecule has 0 saturated carbocycles. The molecule has 7 heteroatoms. The Morgan fingerprint density at radius 3 is 2.06 bits per heavy atom. The second kappa shape index (κ2) is 10.1. The van der Waals surface area contributed by atoms with Crippen LogP contribution in [-0.4, -0.2) is 31.3 Å². The van der Waals surface area contributed by atoms with Crippen LogP contribution in [0, 0.1) is 0 Å². The van der Waals surface area contributed by atoms with Crippen LogP contribution in [-0.2, 0) is 4.79 Å². The molecule has 3 aromatic carbocycles. The molecule has 0 unspecified atom stereocenters. The molecular weight excluding hydrogens is 394 g/mol. The van der Waals surface area contributed by atoms with E-state index in [-0.39, 0.29) is 24.1 Å². The summed E-state index contributed by atoms with van der Waals surface area (Å²) in [5.41, 5.74) is 2.96. The second-order valence-electron chi connectivity index (χ2n) is 6.80. The van der Waals surface area contributed by atoms with E-state index in [1.165, 1.54) is 6.92 Å². The van der Waals surface area contributed by atoms with E-state index in [1.807, 2.05) is 0 Å². The summed E-state index contributed by atoms with van der Waals surface area (Å²) in [6, 6.07) is 20.6. The van der Waals surface area contributed by atoms with Gasteiger partial charge in [0, 0.05) is 28.2 Å². The predicted molar refractivity (Wildman–Crippen MR) is 121 cm³/mol. The number of ketones is 1. The number of Topliss-reactive ketones (excluding diaryl/α,β-unsaturated/α-hetero) is 1. The van der Waals surface area contributed by atoms with Crippen molar-refractivity contribution in [2.24, 2.45) is 0 Å². The lowest BCUT2D eigenvalue weighted by Crippen LogP contribution is -2.22. The van der Waals surface area contributed by atoms with Gasteiger partial charge in [-0.1, -0.05) is 12.1 Å². The summed E-state index contributed by atoms with van der Waals surface area (Å²) in [6.45, 7) is 1.54. The maximum atomic E-state index is 12.4. The van der Waals surface area contributed by atoms with Crippen LogP contribution in [0.3, 0.4) is 0 Å². The quantitative estimate of drug-likeness (QED) is 0.477. The molecule has 31 heavy (non-hydrogen) atoms. The summed E-state index contributed by atoms with van der Waals surface area (Å²) in [4.78, 5) is 36.0. The molecule has 158 valence electrons. The fraction of sp³-hybridized carbons (Fsp3) is 0.125. The molecule has 3 aromatic rings. The Bertz CT molecular complexity index is 1080. The monoisotopic (exact) mass is 417 g/mol. The lowest BCUT2D eigenvalue weighted by molar-refractivity contribution is -0.114. The molecule has 0 bridgehead atoms. The van der Waals surface area contributed by atoms with Crippen LogP contribution in [0.15, 0.2) is 72.8 Å². The van der Waals surface area contributed by atoms with Crippen molar-refractivity contribution in [2.45, 2.75) is 6.92 Å². The minimum absolute atomic E-state index is 0.0378. The van der Waals surface area contributed by atoms with E-state index >= 15 is 0 Å². The smallest absolute Gasteiger partial charge is 0.255 e. The van der Waals surface area contributed by atoms with E-state index in [1.54, 1.807) is 79.9 Å². The highest BCUT2D eigenvalue weighted by Crippen LogP contribution is 2.17. The molecule has 0 atom stereocenters. The average molecular weight is 417 g/mol. The fourth-order valence-electron chi connectivity index (χ4n) is 2.82. The van der Waals surface area contributed by atoms with Crippen LogP contribution in [0.1, 0.15) is 27.6 Å². The van der Waals surface area contributed by atoms with Crippen LogP contribution >= 0.6 is 0 Å². The zero-order chi connectivity index (χ0) is 22.2. The normalized spacial score (nSPS) is 10.1. The van der Waals surface area contributed by atoms with Crippen LogP contribution in [0.25, 0.3) is 0 Å². The van der Waals surface area contributed by atoms with Crippen LogP contribution in [0.4, 0.5) is 17.1 Å². The molecule has 0 radical (unpaired) electrons. The van der Waals surface area contributed by atoms with Gasteiger partial charge in [-0.3, -0.25) is 14.4 Å². The molecule has 0 aliphatic heterocycles. The Balaban J connectivity index is 1.52. The van der Waals surface area contributed by atoms with Crippen LogP contribution in [0.5, 0.6) is 5.75 Å². The number of rotatable bonds is 8. The van der Waals surface area contributed by atoms with Gasteiger partial charge in [0.15, 0.2) is 5.78 Å². The van der Waals surface area contributed by atoms with E-state index < -0.39 is 0 Å². The molecule has 7 nitrogen and oxygen atoms in total. The first-order chi connectivity index (χ1) is 14.9. The third-order valence-electron chi connectivity index (χ3n) is 4.50. The molecule has 0 aromatic heterocycles. The van der Waals surface area contributed by atoms with Crippen molar-refractivity contribution in [1.29, 1.82) is 0 Å². The third kappa shape index (κ3) is 6.17. The Labute approximate surface area is 180 Å². The molecule has 0 aliphatic carbocycles. The number of carbonyl (C=O) groups is 3. The van der Waals surface area contributed by atoms with Gasteiger partial charge in [0.2, 0.25) is 5.91 Å². The standard InChI is InChI=1S/C24H23N3O4/c1-16(28)18-4-3-5-21(14-18)25-15-23(29)26-19-8-6-17(7-9-19)24(30)27-20-10-12-22(31-2)13-11-20/h3-14,25H,15H2,1-2H3,(H,26,29)(H,27,30). The molecular formula is C24H23N3O4. The number of amides is 2. The van der Waals surface area contributed by atoms with E-state index in [0.717, 1.165) is 0 Å². The topological polar surface area (TPSA) is 96.5 Å². The van der Waals surface area contributed by atoms with Gasteiger partial charge in [-0.25, -0.2) is 0 Å². The molecule has 3 N–H and O–H groups in total. The predicted octanol–water partition coefficient (Wildman–Crippen LogP) is 4.20. The number of hydrogen-bond donors (Lipinski definition) is 3. The molecule has 0 spiro atoms. The van der Waals surface area contributed by atoms with E-state index in [4.69, 9.17) is 4.74 Å². The number of benzene rings is 3. The summed E-state index contributed by atoms with van der Waals surface area (Å²) < 4.78 is 5.10. The highest BCUT2D eigenvalue weighted by atomic mass is 16.5. The molecule has 2 amide bonds. The number of carbonyl (C=O) groups excluding carboxylic acids is 3. The van der Waals surface area contributed by atoms with Gasteiger partial charge in [0.05, 0.1) is 13.7 Å². The molecule has 0 fully saturated rings. The first-order valence-corrected chi connectivity index (χ1v) is 9.65. The zero-order valence-electron chi connectivity index (χ0n) is 17.3. The molecule has 3 rings (SSSR count). The van der Waals surface area contributed by atoms with E-state index in [9.17, 15) is 14.4 Å². The Kier molecular flexibility index (Phi) is 7.01. The summed E-state index contributed by atoms with van der Waals surface area (Å²) in [5.74, 6) is 0.169. The lowest BCUT2D eigenvalue weighted by atomic mass is 10.1. The zero-order valence-corrected chi connectivity index (χ0v) is 17.3. The van der Waals surface area contributed by atoms with Crippen molar-refractivity contribution in [3.63, 3.8) is 0 Å². The fourth-order valence-corrected chi connectivity index (χ4v) is 2.82. The van der Waals surface area contributed by atoms with Crippen molar-refractivity contribution in [3.05, 3.63) is 83.9 Å². The number of anilines is 3. The van der Waals surface area contributed by atoms with Gasteiger partial charge in [0.1, 0.15) is 5.75 Å². The van der Waals surface area contributed by atoms with E-state index in [0.29, 0.717) is 33.9 Å². The number of ether oxygens (including phenoxy) is 1. The van der Waals surface area contributed by atoms with Gasteiger partial charge in [-0.05, 0) is 67.6 Å². The Hall–Kier alpha value is -4.13. The van der Waals surface area contributed by atoms with Gasteiger partial charge in [0.25, 0.3) is 5.91 Å². The molecule has 0 saturated heterocycles. The summed E-state index contributed by atoms with van der Waals surface area (Å²) in [5, 5.41) is 8.56. The Morgan fingerprint density at radius 1 is 0.774 bits per heavy atom. The SMILES string of the molecule is COc1ccc(NC(=O)c2ccc(NC(=O)CNc3cccc(C(C)=O)c3)cc2)cc1. The van der Waals surface area contributed by atoms with Crippen molar-refractivity contribution < 1.29 is 19.1 Å². The van der Waals surface area contributed by atoms with Crippen molar-refractivity contribution >= 4 is 34.7 Å². The Morgan fingerprint density at radius 2 is 1.42 bits per heavy atom. The van der Waals surface area contributed by atoms with Crippen LogP contribution in [0.2, 0.25) is 0 Å². The van der Waals surface area contributed by atoms with Crippen molar-refractivity contribution in [3.8, 4) is 5.75 Å². The molecule has 0 heterocycles. The number of methoxy groups -OCH3 is 1. The van der Waals surface area contributed by atoms with Crippen LogP contribution < -0.4 is 20.7 Å². The van der Waals surface area contributed by atoms with Gasteiger partial charge in [-0.2, -0.15) is 0 Å². The van der Waals surface area contributed by atoms with Gasteiger partial charge in [-0.15, -0.1) is 0 Å². The highest BCUT2D eigenvalue weighted by Gasteiger charge is 2.08. The first-order valence-electron chi connectivity index (χ1n) is 9.65. The lowest BCUT2D eigenvalue weighted by Gasteiger charge is -2.10.